The average Bonchev–Trinajstić information content (AvgIpc) is 2.55. The quantitative estimate of drug-likeness (QED) is 0.796. The summed E-state index contributed by atoms with van der Waals surface area (Å²) in [5.74, 6) is -0.704. The summed E-state index contributed by atoms with van der Waals surface area (Å²) in [5.41, 5.74) is 0.700. The van der Waals surface area contributed by atoms with Crippen LogP contribution in [-0.4, -0.2) is 20.9 Å². The number of sulfonamides is 1. The summed E-state index contributed by atoms with van der Waals surface area (Å²) < 4.78 is 40.7. The lowest BCUT2D eigenvalue weighted by Crippen LogP contribution is -2.31. The van der Waals surface area contributed by atoms with E-state index in [1.807, 2.05) is 0 Å². The molecular weight excluding hydrogens is 371 g/mol. The maximum atomic E-state index is 13.0. The zero-order valence-electron chi connectivity index (χ0n) is 13.2. The number of amides is 1. The van der Waals surface area contributed by atoms with Crippen LogP contribution < -0.4 is 15.2 Å². The van der Waals surface area contributed by atoms with Crippen LogP contribution in [-0.2, 0) is 14.8 Å². The van der Waals surface area contributed by atoms with Crippen molar-refractivity contribution in [3.05, 3.63) is 58.9 Å². The number of carbonyl (C=O) groups is 1. The average molecular weight is 387 g/mol. The van der Waals surface area contributed by atoms with E-state index in [9.17, 15) is 17.6 Å². The molecule has 134 valence electrons. The van der Waals surface area contributed by atoms with Crippen LogP contribution in [0.15, 0.2) is 47.4 Å². The van der Waals surface area contributed by atoms with Crippen molar-refractivity contribution in [1.82, 2.24) is 5.32 Å². The molecule has 0 saturated heterocycles. The number of nitrogens with two attached hydrogens (primary N) is 1. The molecule has 0 unspecified atom stereocenters. The number of benzene rings is 2. The maximum Gasteiger partial charge on any atom is 0.258 e. The van der Waals surface area contributed by atoms with Crippen LogP contribution in [0.25, 0.3) is 0 Å². The third kappa shape index (κ3) is 5.42. The van der Waals surface area contributed by atoms with Gasteiger partial charge in [-0.1, -0.05) is 23.7 Å². The molecule has 0 aliphatic rings. The number of nitrogens with one attached hydrogen (secondary N) is 1. The molecule has 3 N–H and O–H groups in total. The fraction of sp³-hybridized carbons (Fsp3) is 0.188. The molecule has 1 amide bonds. The molecule has 0 radical (unpaired) electrons. The van der Waals surface area contributed by atoms with Crippen molar-refractivity contribution in [2.75, 3.05) is 6.61 Å². The predicted molar refractivity (Wildman–Crippen MR) is 91.3 cm³/mol. The predicted octanol–water partition coefficient (Wildman–Crippen LogP) is 2.38. The van der Waals surface area contributed by atoms with E-state index < -0.39 is 21.7 Å². The van der Waals surface area contributed by atoms with Gasteiger partial charge in [0, 0.05) is 6.07 Å². The van der Waals surface area contributed by atoms with Crippen molar-refractivity contribution in [3.63, 3.8) is 0 Å². The zero-order chi connectivity index (χ0) is 18.6. The van der Waals surface area contributed by atoms with Crippen LogP contribution in [0.2, 0.25) is 5.02 Å². The first kappa shape index (κ1) is 19.2. The number of rotatable bonds is 6. The summed E-state index contributed by atoms with van der Waals surface area (Å²) >= 11 is 5.63. The first-order valence-corrected chi connectivity index (χ1v) is 9.09. The molecule has 0 fully saturated rings. The normalized spacial score (nSPS) is 12.5. The molecule has 9 heteroatoms. The van der Waals surface area contributed by atoms with Crippen LogP contribution in [0.4, 0.5) is 4.39 Å². The van der Waals surface area contributed by atoms with Crippen LogP contribution in [0.5, 0.6) is 5.75 Å². The fourth-order valence-corrected chi connectivity index (χ4v) is 2.71. The standard InChI is InChI=1S/C16H16ClFN2O4S/c1-10(11-2-5-13(6-3-11)25(19,22)23)20-16(21)9-24-12-4-7-15(18)14(17)8-12/h2-8,10H,9H2,1H3,(H,20,21)(H2,19,22,23)/t10-/m1/s1. The lowest BCUT2D eigenvalue weighted by atomic mass is 10.1. The third-order valence-corrected chi connectivity index (χ3v) is 4.57. The molecule has 2 rings (SSSR count). The van der Waals surface area contributed by atoms with Gasteiger partial charge >= 0.3 is 0 Å². The maximum absolute atomic E-state index is 13.0. The van der Waals surface area contributed by atoms with Gasteiger partial charge in [0.25, 0.3) is 5.91 Å². The van der Waals surface area contributed by atoms with Crippen molar-refractivity contribution >= 4 is 27.5 Å². The van der Waals surface area contributed by atoms with E-state index in [2.05, 4.69) is 5.32 Å². The van der Waals surface area contributed by atoms with Crippen LogP contribution in [0.1, 0.15) is 18.5 Å². The second kappa shape index (κ2) is 7.81. The Hall–Kier alpha value is -2.16. The lowest BCUT2D eigenvalue weighted by Gasteiger charge is -2.15. The molecule has 2 aromatic carbocycles. The van der Waals surface area contributed by atoms with Gasteiger partial charge in [-0.3, -0.25) is 4.79 Å². The third-order valence-electron chi connectivity index (χ3n) is 3.35. The highest BCUT2D eigenvalue weighted by Crippen LogP contribution is 2.21. The van der Waals surface area contributed by atoms with Crippen molar-refractivity contribution in [2.24, 2.45) is 5.14 Å². The largest absolute Gasteiger partial charge is 0.484 e. The minimum Gasteiger partial charge on any atom is -0.484 e. The van der Waals surface area contributed by atoms with E-state index >= 15 is 0 Å². The first-order valence-electron chi connectivity index (χ1n) is 7.17. The second-order valence-corrected chi connectivity index (χ2v) is 7.24. The highest BCUT2D eigenvalue weighted by Gasteiger charge is 2.13. The van der Waals surface area contributed by atoms with Gasteiger partial charge in [0.1, 0.15) is 11.6 Å². The van der Waals surface area contributed by atoms with Crippen molar-refractivity contribution in [1.29, 1.82) is 0 Å². The number of primary sulfonamides is 1. The molecule has 0 bridgehead atoms. The van der Waals surface area contributed by atoms with Gasteiger partial charge in [-0.15, -0.1) is 0 Å². The summed E-state index contributed by atoms with van der Waals surface area (Å²) in [4.78, 5) is 11.9. The zero-order valence-corrected chi connectivity index (χ0v) is 14.8. The van der Waals surface area contributed by atoms with Crippen molar-refractivity contribution in [3.8, 4) is 5.75 Å². The summed E-state index contributed by atoms with van der Waals surface area (Å²) in [6.07, 6.45) is 0. The summed E-state index contributed by atoms with van der Waals surface area (Å²) in [6, 6.07) is 9.27. The molecule has 1 atom stereocenters. The van der Waals surface area contributed by atoms with Gasteiger partial charge in [0.2, 0.25) is 10.0 Å². The molecule has 25 heavy (non-hydrogen) atoms. The van der Waals surface area contributed by atoms with Crippen LogP contribution in [0, 0.1) is 5.82 Å². The molecule has 0 saturated carbocycles. The number of ether oxygens (including phenoxy) is 1. The van der Waals surface area contributed by atoms with Crippen LogP contribution in [0.3, 0.4) is 0 Å². The summed E-state index contributed by atoms with van der Waals surface area (Å²) in [7, 11) is -3.76. The molecule has 0 aliphatic carbocycles. The molecule has 0 heterocycles. The number of hydrogen-bond acceptors (Lipinski definition) is 4. The Labute approximate surface area is 149 Å². The Kier molecular flexibility index (Phi) is 5.99. The van der Waals surface area contributed by atoms with Gasteiger partial charge < -0.3 is 10.1 Å². The molecule has 6 nitrogen and oxygen atoms in total. The Bertz CT molecular complexity index is 872. The molecule has 2 aromatic rings. The lowest BCUT2D eigenvalue weighted by molar-refractivity contribution is -0.123. The van der Waals surface area contributed by atoms with Gasteiger partial charge in [-0.25, -0.2) is 17.9 Å². The van der Waals surface area contributed by atoms with Gasteiger partial charge in [-0.05, 0) is 36.8 Å². The Morgan fingerprint density at radius 2 is 1.92 bits per heavy atom. The van der Waals surface area contributed by atoms with E-state index in [-0.39, 0.29) is 28.3 Å². The molecule has 0 aliphatic heterocycles. The van der Waals surface area contributed by atoms with Crippen molar-refractivity contribution < 1.29 is 22.3 Å². The van der Waals surface area contributed by atoms with Crippen molar-refractivity contribution in [2.45, 2.75) is 17.9 Å². The molecular formula is C16H16ClFN2O4S. The molecule has 0 spiro atoms. The Morgan fingerprint density at radius 3 is 2.48 bits per heavy atom. The smallest absolute Gasteiger partial charge is 0.258 e. The highest BCUT2D eigenvalue weighted by molar-refractivity contribution is 7.89. The summed E-state index contributed by atoms with van der Waals surface area (Å²) in [5, 5.41) is 7.63. The number of halogens is 2. The number of hydrogen-bond donors (Lipinski definition) is 2. The monoisotopic (exact) mass is 386 g/mol. The van der Waals surface area contributed by atoms with Crippen LogP contribution >= 0.6 is 11.6 Å². The van der Waals surface area contributed by atoms with Gasteiger partial charge in [0.05, 0.1) is 16.0 Å². The van der Waals surface area contributed by atoms with Gasteiger partial charge in [0.15, 0.2) is 6.61 Å². The second-order valence-electron chi connectivity index (χ2n) is 5.27. The highest BCUT2D eigenvalue weighted by atomic mass is 35.5. The number of carbonyl (C=O) groups excluding carboxylic acids is 1. The first-order chi connectivity index (χ1) is 11.7. The van der Waals surface area contributed by atoms with E-state index in [0.717, 1.165) is 6.07 Å². The van der Waals surface area contributed by atoms with E-state index in [0.29, 0.717) is 5.56 Å². The van der Waals surface area contributed by atoms with Gasteiger partial charge in [-0.2, -0.15) is 0 Å². The minimum absolute atomic E-state index is 0.00806. The van der Waals surface area contributed by atoms with E-state index in [1.54, 1.807) is 19.1 Å². The fourth-order valence-electron chi connectivity index (χ4n) is 2.03. The Morgan fingerprint density at radius 1 is 1.28 bits per heavy atom. The van der Waals surface area contributed by atoms with E-state index in [1.165, 1.54) is 24.3 Å². The SMILES string of the molecule is C[C@@H](NC(=O)COc1ccc(F)c(Cl)c1)c1ccc(S(N)(=O)=O)cc1. The Balaban J connectivity index is 1.92. The summed E-state index contributed by atoms with van der Waals surface area (Å²) in [6.45, 7) is 1.46. The van der Waals surface area contributed by atoms with E-state index in [4.69, 9.17) is 21.5 Å². The molecule has 0 aromatic heterocycles. The minimum atomic E-state index is -3.76. The topological polar surface area (TPSA) is 98.5 Å².